The van der Waals surface area contributed by atoms with E-state index in [0.29, 0.717) is 6.42 Å². The molecule has 0 spiro atoms. The minimum Gasteiger partial charge on any atom is -0.378 e. The molecule has 3 rings (SSSR count). The molecule has 0 aliphatic carbocycles. The molecule has 5 heteroatoms. The van der Waals surface area contributed by atoms with E-state index in [2.05, 4.69) is 10.6 Å². The van der Waals surface area contributed by atoms with E-state index in [9.17, 15) is 9.59 Å². The van der Waals surface area contributed by atoms with E-state index in [-0.39, 0.29) is 18.2 Å². The number of carbonyl (C=O) groups excluding carboxylic acids is 2. The first-order valence-electron chi connectivity index (χ1n) is 7.51. The van der Waals surface area contributed by atoms with Crippen LogP contribution >= 0.6 is 0 Å². The molecule has 2 N–H and O–H groups in total. The Morgan fingerprint density at radius 1 is 1.17 bits per heavy atom. The second-order valence-corrected chi connectivity index (χ2v) is 5.83. The summed E-state index contributed by atoms with van der Waals surface area (Å²) in [6, 6.07) is 13.3. The molecule has 1 aliphatic rings. The topological polar surface area (TPSA) is 61.4 Å². The fraction of sp³-hybridized carbons (Fsp3) is 0.222. The van der Waals surface area contributed by atoms with Crippen LogP contribution in [0.3, 0.4) is 0 Å². The van der Waals surface area contributed by atoms with Crippen molar-refractivity contribution in [2.24, 2.45) is 0 Å². The Bertz CT molecular complexity index is 751. The first-order chi connectivity index (χ1) is 11.0. The van der Waals surface area contributed by atoms with E-state index < -0.39 is 0 Å². The highest BCUT2D eigenvalue weighted by Crippen LogP contribution is 2.26. The zero-order chi connectivity index (χ0) is 16.4. The third-order valence-corrected chi connectivity index (χ3v) is 3.90. The molecule has 0 saturated carbocycles. The van der Waals surface area contributed by atoms with Gasteiger partial charge in [0.15, 0.2) is 0 Å². The summed E-state index contributed by atoms with van der Waals surface area (Å²) < 4.78 is 0. The van der Waals surface area contributed by atoms with Crippen LogP contribution in [-0.4, -0.2) is 25.9 Å². The average molecular weight is 309 g/mol. The summed E-state index contributed by atoms with van der Waals surface area (Å²) in [7, 11) is 3.94. The lowest BCUT2D eigenvalue weighted by Crippen LogP contribution is -2.15. The van der Waals surface area contributed by atoms with E-state index in [1.165, 1.54) is 0 Å². The van der Waals surface area contributed by atoms with Crippen LogP contribution in [0.15, 0.2) is 42.5 Å². The first kappa shape index (κ1) is 15.1. The number of amides is 2. The standard InChI is InChI=1S/C18H19N3O2/c1-21(2)14-8-6-13(7-9-14)19-17(22)10-12-4-3-5-16-15(12)11-18(23)20-16/h3-9H,10-11H2,1-2H3,(H,19,22)(H,20,23). The maximum Gasteiger partial charge on any atom is 0.228 e. The van der Waals surface area contributed by atoms with E-state index >= 15 is 0 Å². The Morgan fingerprint density at radius 3 is 2.61 bits per heavy atom. The summed E-state index contributed by atoms with van der Waals surface area (Å²) in [6.07, 6.45) is 0.601. The van der Waals surface area contributed by atoms with E-state index in [1.807, 2.05) is 61.5 Å². The summed E-state index contributed by atoms with van der Waals surface area (Å²) >= 11 is 0. The Hall–Kier alpha value is -2.82. The summed E-state index contributed by atoms with van der Waals surface area (Å²) in [5.74, 6) is -0.109. The Kier molecular flexibility index (Phi) is 4.02. The van der Waals surface area contributed by atoms with Crippen molar-refractivity contribution >= 4 is 28.9 Å². The molecule has 0 radical (unpaired) electrons. The van der Waals surface area contributed by atoms with Crippen molar-refractivity contribution < 1.29 is 9.59 Å². The van der Waals surface area contributed by atoms with Crippen molar-refractivity contribution in [1.82, 2.24) is 0 Å². The molecule has 2 aromatic rings. The number of benzene rings is 2. The van der Waals surface area contributed by atoms with Gasteiger partial charge in [0.05, 0.1) is 12.8 Å². The number of rotatable bonds is 4. The predicted molar refractivity (Wildman–Crippen MR) is 91.9 cm³/mol. The maximum atomic E-state index is 12.3. The molecule has 1 heterocycles. The van der Waals surface area contributed by atoms with Crippen molar-refractivity contribution in [1.29, 1.82) is 0 Å². The fourth-order valence-electron chi connectivity index (χ4n) is 2.70. The number of hydrogen-bond acceptors (Lipinski definition) is 3. The molecule has 2 amide bonds. The van der Waals surface area contributed by atoms with Gasteiger partial charge < -0.3 is 15.5 Å². The highest BCUT2D eigenvalue weighted by molar-refractivity contribution is 6.00. The molecule has 0 fully saturated rings. The monoisotopic (exact) mass is 309 g/mol. The van der Waals surface area contributed by atoms with Gasteiger partial charge in [-0.25, -0.2) is 0 Å². The van der Waals surface area contributed by atoms with Gasteiger partial charge in [0, 0.05) is 31.2 Å². The Labute approximate surface area is 135 Å². The van der Waals surface area contributed by atoms with Crippen LogP contribution in [0.25, 0.3) is 0 Å². The summed E-state index contributed by atoms with van der Waals surface area (Å²) in [5, 5.41) is 5.70. The molecule has 0 atom stereocenters. The highest BCUT2D eigenvalue weighted by atomic mass is 16.2. The molecule has 0 aromatic heterocycles. The van der Waals surface area contributed by atoms with Crippen LogP contribution in [0.1, 0.15) is 11.1 Å². The number of fused-ring (bicyclic) bond motifs is 1. The van der Waals surface area contributed by atoms with Crippen LogP contribution < -0.4 is 15.5 Å². The normalized spacial score (nSPS) is 12.5. The molecule has 5 nitrogen and oxygen atoms in total. The van der Waals surface area contributed by atoms with Crippen molar-refractivity contribution in [2.75, 3.05) is 29.6 Å². The number of nitrogens with one attached hydrogen (secondary N) is 2. The van der Waals surface area contributed by atoms with Crippen molar-refractivity contribution in [3.05, 3.63) is 53.6 Å². The van der Waals surface area contributed by atoms with Gasteiger partial charge in [0.1, 0.15) is 0 Å². The molecular weight excluding hydrogens is 290 g/mol. The van der Waals surface area contributed by atoms with Crippen LogP contribution in [0, 0.1) is 0 Å². The summed E-state index contributed by atoms with van der Waals surface area (Å²) in [4.78, 5) is 25.8. The van der Waals surface area contributed by atoms with Gasteiger partial charge in [0.25, 0.3) is 0 Å². The Morgan fingerprint density at radius 2 is 1.91 bits per heavy atom. The zero-order valence-electron chi connectivity index (χ0n) is 13.2. The Balaban J connectivity index is 1.69. The van der Waals surface area contributed by atoms with Crippen molar-refractivity contribution in [2.45, 2.75) is 12.8 Å². The average Bonchev–Trinajstić information content (AvgIpc) is 2.89. The number of carbonyl (C=O) groups is 2. The van der Waals surface area contributed by atoms with E-state index in [4.69, 9.17) is 0 Å². The summed E-state index contributed by atoms with van der Waals surface area (Å²) in [6.45, 7) is 0. The molecule has 0 bridgehead atoms. The van der Waals surface area contributed by atoms with Crippen LogP contribution in [-0.2, 0) is 22.4 Å². The SMILES string of the molecule is CN(C)c1ccc(NC(=O)Cc2cccc3c2CC(=O)N3)cc1. The highest BCUT2D eigenvalue weighted by Gasteiger charge is 2.21. The van der Waals surface area contributed by atoms with E-state index in [1.54, 1.807) is 0 Å². The lowest BCUT2D eigenvalue weighted by molar-refractivity contribution is -0.116. The zero-order valence-corrected chi connectivity index (χ0v) is 13.2. The van der Waals surface area contributed by atoms with Crippen molar-refractivity contribution in [3.8, 4) is 0 Å². The number of hydrogen-bond donors (Lipinski definition) is 2. The molecule has 23 heavy (non-hydrogen) atoms. The molecular formula is C18H19N3O2. The fourth-order valence-corrected chi connectivity index (χ4v) is 2.70. The van der Waals surface area contributed by atoms with Gasteiger partial charge in [0.2, 0.25) is 11.8 Å². The second kappa shape index (κ2) is 6.12. The van der Waals surface area contributed by atoms with Crippen LogP contribution in [0.4, 0.5) is 17.1 Å². The number of nitrogens with zero attached hydrogens (tertiary/aromatic N) is 1. The molecule has 2 aromatic carbocycles. The molecule has 0 unspecified atom stereocenters. The predicted octanol–water partition coefficient (Wildman–Crippen LogP) is 2.43. The minimum atomic E-state index is -0.0876. The third-order valence-electron chi connectivity index (χ3n) is 3.90. The summed E-state index contributed by atoms with van der Waals surface area (Å²) in [5.41, 5.74) is 4.48. The van der Waals surface area contributed by atoms with Gasteiger partial charge in [-0.2, -0.15) is 0 Å². The lowest BCUT2D eigenvalue weighted by Gasteiger charge is -2.13. The molecule has 118 valence electrons. The van der Waals surface area contributed by atoms with Crippen molar-refractivity contribution in [3.63, 3.8) is 0 Å². The van der Waals surface area contributed by atoms with Gasteiger partial charge in [-0.3, -0.25) is 9.59 Å². The molecule has 1 aliphatic heterocycles. The minimum absolute atomic E-state index is 0.0212. The quantitative estimate of drug-likeness (QED) is 0.912. The largest absolute Gasteiger partial charge is 0.378 e. The van der Waals surface area contributed by atoms with Gasteiger partial charge in [-0.1, -0.05) is 12.1 Å². The van der Waals surface area contributed by atoms with Gasteiger partial charge in [-0.05, 0) is 41.5 Å². The van der Waals surface area contributed by atoms with E-state index in [0.717, 1.165) is 28.2 Å². The molecule has 0 saturated heterocycles. The smallest absolute Gasteiger partial charge is 0.228 e. The lowest BCUT2D eigenvalue weighted by atomic mass is 10.0. The van der Waals surface area contributed by atoms with Gasteiger partial charge in [-0.15, -0.1) is 0 Å². The third kappa shape index (κ3) is 3.34. The van der Waals surface area contributed by atoms with Crippen LogP contribution in [0.5, 0.6) is 0 Å². The number of anilines is 3. The first-order valence-corrected chi connectivity index (χ1v) is 7.51. The second-order valence-electron chi connectivity index (χ2n) is 5.83. The van der Waals surface area contributed by atoms with Gasteiger partial charge >= 0.3 is 0 Å². The van der Waals surface area contributed by atoms with Crippen LogP contribution in [0.2, 0.25) is 0 Å². The maximum absolute atomic E-state index is 12.3.